The van der Waals surface area contributed by atoms with Gasteiger partial charge in [-0.25, -0.2) is 0 Å². The lowest BCUT2D eigenvalue weighted by atomic mass is 10.3. The maximum absolute atomic E-state index is 10.7. The van der Waals surface area contributed by atoms with E-state index in [2.05, 4.69) is 21.0 Å². The molecule has 0 rings (SSSR count). The van der Waals surface area contributed by atoms with Gasteiger partial charge in [-0.1, -0.05) is 6.92 Å². The first kappa shape index (κ1) is 11.2. The summed E-state index contributed by atoms with van der Waals surface area (Å²) in [4.78, 5) is 10.7. The zero-order valence-electron chi connectivity index (χ0n) is 8.42. The Balaban J connectivity index is 4.38. The second-order valence-corrected chi connectivity index (χ2v) is 3.68. The van der Waals surface area contributed by atoms with Crippen LogP contribution in [0.4, 0.5) is 0 Å². The third-order valence-electron chi connectivity index (χ3n) is 1.73. The highest BCUT2D eigenvalue weighted by Gasteiger charge is 2.12. The zero-order valence-corrected chi connectivity index (χ0v) is 8.42. The van der Waals surface area contributed by atoms with Gasteiger partial charge in [-0.2, -0.15) is 0 Å². The van der Waals surface area contributed by atoms with Gasteiger partial charge in [0.2, 0.25) is 5.91 Å². The highest BCUT2D eigenvalue weighted by molar-refractivity contribution is 5.90. The zero-order chi connectivity index (χ0) is 9.78. The average Bonchev–Trinajstić information content (AvgIpc) is 1.85. The van der Waals surface area contributed by atoms with Gasteiger partial charge in [0.1, 0.15) is 6.20 Å². The first-order valence-corrected chi connectivity index (χ1v) is 4.21. The highest BCUT2D eigenvalue weighted by Crippen LogP contribution is 2.04. The van der Waals surface area contributed by atoms with Gasteiger partial charge in [-0.05, 0) is 13.3 Å². The molecule has 0 unspecified atom stereocenters. The third-order valence-corrected chi connectivity index (χ3v) is 1.73. The minimum absolute atomic E-state index is 0.336. The van der Waals surface area contributed by atoms with Crippen LogP contribution in [0.15, 0.2) is 11.8 Å². The summed E-state index contributed by atoms with van der Waals surface area (Å²) in [5.74, 6) is -0.336. The predicted octanol–water partition coefficient (Wildman–Crippen LogP) is 0.862. The van der Waals surface area contributed by atoms with Gasteiger partial charge >= 0.3 is 0 Å². The predicted molar refractivity (Wildman–Crippen MR) is 50.2 cm³/mol. The van der Waals surface area contributed by atoms with Gasteiger partial charge in [-0.15, -0.1) is 0 Å². The average molecular weight is 171 g/mol. The Hall–Kier alpha value is -0.830. The molecule has 0 saturated heterocycles. The molecule has 0 aliphatic carbocycles. The van der Waals surface area contributed by atoms with Crippen molar-refractivity contribution in [3.63, 3.8) is 0 Å². The van der Waals surface area contributed by atoms with Crippen molar-refractivity contribution in [1.29, 1.82) is 0 Å². The molecule has 0 fully saturated rings. The van der Waals surface area contributed by atoms with Gasteiger partial charge in [-0.3, -0.25) is 4.79 Å². The lowest BCUT2D eigenvalue weighted by Crippen LogP contribution is -2.35. The molecular formula is C9H19N2O+. The monoisotopic (exact) mass is 171 g/mol. The van der Waals surface area contributed by atoms with Crippen molar-refractivity contribution in [2.45, 2.75) is 20.3 Å². The molecule has 70 valence electrons. The van der Waals surface area contributed by atoms with Crippen LogP contribution in [0.5, 0.6) is 0 Å². The van der Waals surface area contributed by atoms with E-state index in [0.717, 1.165) is 13.0 Å². The molecule has 0 bridgehead atoms. The van der Waals surface area contributed by atoms with Crippen LogP contribution in [-0.4, -0.2) is 31.0 Å². The molecular weight excluding hydrogens is 152 g/mol. The molecule has 0 atom stereocenters. The van der Waals surface area contributed by atoms with Crippen molar-refractivity contribution < 1.29 is 9.28 Å². The number of quaternary nitrogens is 1. The van der Waals surface area contributed by atoms with Crippen molar-refractivity contribution in [1.82, 2.24) is 0 Å². The highest BCUT2D eigenvalue weighted by atomic mass is 16.1. The lowest BCUT2D eigenvalue weighted by Gasteiger charge is -2.24. The number of amides is 1. The second kappa shape index (κ2) is 4.26. The van der Waals surface area contributed by atoms with Crippen molar-refractivity contribution in [2.75, 3.05) is 20.6 Å². The van der Waals surface area contributed by atoms with E-state index in [4.69, 9.17) is 5.73 Å². The molecule has 1 amide bonds. The molecule has 0 aromatic rings. The summed E-state index contributed by atoms with van der Waals surface area (Å²) in [6, 6.07) is 0. The van der Waals surface area contributed by atoms with E-state index in [-0.39, 0.29) is 5.91 Å². The number of nitrogens with zero attached hydrogens (tertiary/aromatic N) is 1. The molecule has 0 aliphatic heterocycles. The Morgan fingerprint density at radius 3 is 2.33 bits per heavy atom. The minimum atomic E-state index is -0.336. The van der Waals surface area contributed by atoms with Crippen LogP contribution in [0.25, 0.3) is 0 Å². The maximum atomic E-state index is 10.7. The number of hydrogen-bond acceptors (Lipinski definition) is 1. The standard InChI is InChI=1S/C9H18N2O/c1-5-6-11(3,4)7-8(2)9(10)12/h7H,5-6H2,1-4H3,(H-,10,12)/p+1. The summed E-state index contributed by atoms with van der Waals surface area (Å²) in [5.41, 5.74) is 5.75. The van der Waals surface area contributed by atoms with Crippen LogP contribution >= 0.6 is 0 Å². The molecule has 2 N–H and O–H groups in total. The molecule has 3 heteroatoms. The van der Waals surface area contributed by atoms with E-state index < -0.39 is 0 Å². The molecule has 0 aliphatic rings. The number of rotatable bonds is 4. The summed E-state index contributed by atoms with van der Waals surface area (Å²) < 4.78 is 0.714. The SMILES string of the molecule is CCC[N+](C)(C)C=C(C)C(N)=O. The number of nitrogens with two attached hydrogens (primary N) is 1. The fraction of sp³-hybridized carbons (Fsp3) is 0.667. The van der Waals surface area contributed by atoms with Crippen molar-refractivity contribution in [3.05, 3.63) is 11.8 Å². The number of primary amides is 1. The molecule has 0 saturated carbocycles. The van der Waals surface area contributed by atoms with E-state index in [1.807, 2.05) is 6.20 Å². The summed E-state index contributed by atoms with van der Waals surface area (Å²) in [6.45, 7) is 4.88. The Morgan fingerprint density at radius 2 is 2.00 bits per heavy atom. The Bertz CT molecular complexity index is 195. The smallest absolute Gasteiger partial charge is 0.249 e. The van der Waals surface area contributed by atoms with Gasteiger partial charge in [0.05, 0.1) is 26.2 Å². The fourth-order valence-electron chi connectivity index (χ4n) is 1.23. The van der Waals surface area contributed by atoms with E-state index in [9.17, 15) is 4.79 Å². The summed E-state index contributed by atoms with van der Waals surface area (Å²) in [7, 11) is 4.10. The molecule has 0 heterocycles. The van der Waals surface area contributed by atoms with Gasteiger partial charge in [0.25, 0.3) is 0 Å². The quantitative estimate of drug-likeness (QED) is 0.495. The lowest BCUT2D eigenvalue weighted by molar-refractivity contribution is -0.839. The number of carbonyl (C=O) groups is 1. The molecule has 0 radical (unpaired) electrons. The van der Waals surface area contributed by atoms with E-state index >= 15 is 0 Å². The van der Waals surface area contributed by atoms with E-state index in [0.29, 0.717) is 10.1 Å². The first-order chi connectivity index (χ1) is 5.39. The molecule has 0 aromatic heterocycles. The molecule has 12 heavy (non-hydrogen) atoms. The second-order valence-electron chi connectivity index (χ2n) is 3.68. The molecule has 0 aromatic carbocycles. The first-order valence-electron chi connectivity index (χ1n) is 4.21. The van der Waals surface area contributed by atoms with E-state index in [1.165, 1.54) is 0 Å². The number of hydrogen-bond donors (Lipinski definition) is 1. The van der Waals surface area contributed by atoms with Gasteiger partial charge in [0.15, 0.2) is 0 Å². The number of carbonyl (C=O) groups excluding carboxylic acids is 1. The van der Waals surface area contributed by atoms with Gasteiger partial charge < -0.3 is 10.2 Å². The maximum Gasteiger partial charge on any atom is 0.249 e. The van der Waals surface area contributed by atoms with Crippen molar-refractivity contribution in [3.8, 4) is 0 Å². The topological polar surface area (TPSA) is 43.1 Å². The fourth-order valence-corrected chi connectivity index (χ4v) is 1.23. The Labute approximate surface area is 74.4 Å². The Kier molecular flexibility index (Phi) is 3.96. The molecule has 3 nitrogen and oxygen atoms in total. The van der Waals surface area contributed by atoms with Crippen LogP contribution < -0.4 is 5.73 Å². The summed E-state index contributed by atoms with van der Waals surface area (Å²) in [5, 5.41) is 0. The van der Waals surface area contributed by atoms with Crippen LogP contribution in [0.3, 0.4) is 0 Å². The molecule has 0 spiro atoms. The van der Waals surface area contributed by atoms with E-state index in [1.54, 1.807) is 6.92 Å². The third kappa shape index (κ3) is 4.13. The van der Waals surface area contributed by atoms with Crippen molar-refractivity contribution in [2.24, 2.45) is 5.73 Å². The van der Waals surface area contributed by atoms with Crippen LogP contribution in [0.2, 0.25) is 0 Å². The minimum Gasteiger partial charge on any atom is -0.366 e. The largest absolute Gasteiger partial charge is 0.366 e. The van der Waals surface area contributed by atoms with Crippen LogP contribution in [-0.2, 0) is 4.79 Å². The van der Waals surface area contributed by atoms with Crippen LogP contribution in [0, 0.1) is 0 Å². The van der Waals surface area contributed by atoms with Gasteiger partial charge in [0, 0.05) is 0 Å². The summed E-state index contributed by atoms with van der Waals surface area (Å²) in [6.07, 6.45) is 2.99. The Morgan fingerprint density at radius 1 is 1.50 bits per heavy atom. The van der Waals surface area contributed by atoms with Crippen molar-refractivity contribution >= 4 is 5.91 Å². The summed E-state index contributed by atoms with van der Waals surface area (Å²) >= 11 is 0. The van der Waals surface area contributed by atoms with Crippen LogP contribution in [0.1, 0.15) is 20.3 Å². The normalized spacial score (nSPS) is 13.2.